The molecule has 3 atom stereocenters. The Bertz CT molecular complexity index is 518. The molecular weight excluding hydrogens is 266 g/mol. The molecule has 4 aliphatic carbocycles. The van der Waals surface area contributed by atoms with Crippen LogP contribution in [-0.4, -0.2) is 22.3 Å². The molecule has 114 valence electrons. The van der Waals surface area contributed by atoms with Crippen molar-refractivity contribution < 1.29 is 9.26 Å². The highest BCUT2D eigenvalue weighted by molar-refractivity contribution is 5.11. The topological polar surface area (TPSA) is 60.2 Å². The quantitative estimate of drug-likeness (QED) is 0.923. The predicted octanol–water partition coefficient (Wildman–Crippen LogP) is 2.59. The van der Waals surface area contributed by atoms with Crippen molar-refractivity contribution in [2.24, 2.45) is 17.8 Å². The van der Waals surface area contributed by atoms with Crippen molar-refractivity contribution in [1.82, 2.24) is 15.5 Å². The predicted molar refractivity (Wildman–Crippen MR) is 75.4 cm³/mol. The molecule has 5 aliphatic rings. The first-order valence-electron chi connectivity index (χ1n) is 8.49. The summed E-state index contributed by atoms with van der Waals surface area (Å²) in [5.74, 6) is 4.41. The van der Waals surface area contributed by atoms with Crippen LogP contribution >= 0.6 is 0 Å². The Kier molecular flexibility index (Phi) is 2.71. The minimum atomic E-state index is 0.0302. The molecule has 5 nitrogen and oxygen atoms in total. The van der Waals surface area contributed by atoms with E-state index in [2.05, 4.69) is 15.5 Å². The van der Waals surface area contributed by atoms with Crippen molar-refractivity contribution in [3.63, 3.8) is 0 Å². The second kappa shape index (κ2) is 4.53. The lowest BCUT2D eigenvalue weighted by Gasteiger charge is -2.39. The number of nitrogens with zero attached hydrogens (tertiary/aromatic N) is 2. The molecule has 5 fully saturated rings. The summed E-state index contributed by atoms with van der Waals surface area (Å²) >= 11 is 0. The van der Waals surface area contributed by atoms with Gasteiger partial charge < -0.3 is 14.6 Å². The van der Waals surface area contributed by atoms with Gasteiger partial charge in [0.05, 0.1) is 6.54 Å². The molecule has 2 heterocycles. The second-order valence-corrected chi connectivity index (χ2v) is 7.65. The lowest BCUT2D eigenvalue weighted by Crippen LogP contribution is -2.47. The van der Waals surface area contributed by atoms with Crippen LogP contribution in [0, 0.1) is 17.8 Å². The Hall–Kier alpha value is -0.940. The van der Waals surface area contributed by atoms with E-state index < -0.39 is 0 Å². The summed E-state index contributed by atoms with van der Waals surface area (Å²) < 4.78 is 11.0. The Labute approximate surface area is 124 Å². The highest BCUT2D eigenvalue weighted by Crippen LogP contribution is 2.59. The Morgan fingerprint density at radius 3 is 2.76 bits per heavy atom. The third-order valence-electron chi connectivity index (χ3n) is 6.23. The lowest BCUT2D eigenvalue weighted by molar-refractivity contribution is 0.0835. The molecule has 4 saturated carbocycles. The van der Waals surface area contributed by atoms with Gasteiger partial charge in [-0.05, 0) is 62.7 Å². The van der Waals surface area contributed by atoms with Gasteiger partial charge in [-0.2, -0.15) is 4.98 Å². The molecule has 1 N–H and O–H groups in total. The molecule has 0 amide bonds. The maximum absolute atomic E-state index is 5.60. The zero-order valence-electron chi connectivity index (χ0n) is 12.4. The maximum atomic E-state index is 5.60. The number of aromatic nitrogens is 2. The first-order chi connectivity index (χ1) is 10.3. The molecule has 6 rings (SSSR count). The largest absolute Gasteiger partial charge is 0.368 e. The summed E-state index contributed by atoms with van der Waals surface area (Å²) in [5, 5.41) is 7.91. The van der Waals surface area contributed by atoms with E-state index in [9.17, 15) is 0 Å². The van der Waals surface area contributed by atoms with E-state index in [1.54, 1.807) is 0 Å². The van der Waals surface area contributed by atoms with Crippen molar-refractivity contribution in [2.75, 3.05) is 6.61 Å². The zero-order chi connectivity index (χ0) is 13.9. The molecule has 5 heteroatoms. The van der Waals surface area contributed by atoms with Gasteiger partial charge in [0, 0.05) is 12.1 Å². The van der Waals surface area contributed by atoms with Crippen LogP contribution in [0.4, 0.5) is 0 Å². The number of nitrogens with one attached hydrogen (secondary N) is 1. The third-order valence-corrected chi connectivity index (χ3v) is 6.23. The maximum Gasteiger partial charge on any atom is 0.255 e. The Morgan fingerprint density at radius 2 is 2.05 bits per heavy atom. The SMILES string of the molecule is C1COC(c2nc(CNC34CC5CC(C3)C(C5)C4)no2)C1. The van der Waals surface area contributed by atoms with Gasteiger partial charge in [0.25, 0.3) is 5.89 Å². The monoisotopic (exact) mass is 289 g/mol. The van der Waals surface area contributed by atoms with Gasteiger partial charge in [-0.1, -0.05) is 5.16 Å². The van der Waals surface area contributed by atoms with E-state index in [1.165, 1.54) is 32.1 Å². The van der Waals surface area contributed by atoms with E-state index in [0.29, 0.717) is 11.4 Å². The molecule has 1 aromatic heterocycles. The summed E-state index contributed by atoms with van der Waals surface area (Å²) in [4.78, 5) is 4.52. The van der Waals surface area contributed by atoms with Gasteiger partial charge in [-0.25, -0.2) is 0 Å². The van der Waals surface area contributed by atoms with E-state index in [1.807, 2.05) is 0 Å². The molecule has 1 saturated heterocycles. The molecule has 0 spiro atoms. The summed E-state index contributed by atoms with van der Waals surface area (Å²) in [6.07, 6.45) is 9.19. The van der Waals surface area contributed by atoms with Crippen LogP contribution in [0.1, 0.15) is 62.8 Å². The van der Waals surface area contributed by atoms with Crippen LogP contribution in [0.2, 0.25) is 0 Å². The average molecular weight is 289 g/mol. The summed E-state index contributed by atoms with van der Waals surface area (Å²) in [5.41, 5.74) is 0.376. The van der Waals surface area contributed by atoms with Crippen LogP contribution in [0.3, 0.4) is 0 Å². The standard InChI is InChI=1S/C16H23N3O2/c1-2-13(20-3-1)15-18-14(19-21-15)9-17-16-6-10-4-11(7-16)12(5-10)8-16/h10-13,17H,1-9H2. The lowest BCUT2D eigenvalue weighted by atomic mass is 9.76. The van der Waals surface area contributed by atoms with Gasteiger partial charge in [-0.15, -0.1) is 0 Å². The Morgan fingerprint density at radius 1 is 1.19 bits per heavy atom. The fourth-order valence-electron chi connectivity index (χ4n) is 5.54. The summed E-state index contributed by atoms with van der Waals surface area (Å²) in [6.45, 7) is 1.55. The first-order valence-corrected chi connectivity index (χ1v) is 8.49. The molecule has 3 unspecified atom stereocenters. The van der Waals surface area contributed by atoms with Gasteiger partial charge in [0.15, 0.2) is 5.82 Å². The van der Waals surface area contributed by atoms with E-state index >= 15 is 0 Å². The van der Waals surface area contributed by atoms with Gasteiger partial charge in [0.1, 0.15) is 6.10 Å². The van der Waals surface area contributed by atoms with Crippen LogP contribution < -0.4 is 5.32 Å². The molecule has 1 aliphatic heterocycles. The molecule has 1 aromatic rings. The van der Waals surface area contributed by atoms with Crippen molar-refractivity contribution in [3.8, 4) is 0 Å². The van der Waals surface area contributed by atoms with E-state index in [0.717, 1.165) is 49.6 Å². The molecule has 0 radical (unpaired) electrons. The van der Waals surface area contributed by atoms with Crippen LogP contribution in [0.5, 0.6) is 0 Å². The van der Waals surface area contributed by atoms with Crippen molar-refractivity contribution >= 4 is 0 Å². The highest BCUT2D eigenvalue weighted by Gasteiger charge is 2.55. The summed E-state index contributed by atoms with van der Waals surface area (Å²) in [6, 6.07) is 0. The second-order valence-electron chi connectivity index (χ2n) is 7.65. The fraction of sp³-hybridized carbons (Fsp3) is 0.875. The van der Waals surface area contributed by atoms with Crippen molar-refractivity contribution in [1.29, 1.82) is 0 Å². The number of hydrogen-bond acceptors (Lipinski definition) is 5. The zero-order valence-corrected chi connectivity index (χ0v) is 12.4. The first kappa shape index (κ1) is 12.6. The van der Waals surface area contributed by atoms with Crippen LogP contribution in [0.25, 0.3) is 0 Å². The minimum Gasteiger partial charge on any atom is -0.368 e. The number of rotatable bonds is 4. The van der Waals surface area contributed by atoms with Crippen LogP contribution in [-0.2, 0) is 11.3 Å². The van der Waals surface area contributed by atoms with Gasteiger partial charge in [-0.3, -0.25) is 0 Å². The molecule has 0 aromatic carbocycles. The average Bonchev–Trinajstić information content (AvgIpc) is 3.21. The normalized spacial score (nSPS) is 44.0. The van der Waals surface area contributed by atoms with Gasteiger partial charge >= 0.3 is 0 Å². The summed E-state index contributed by atoms with van der Waals surface area (Å²) in [7, 11) is 0. The van der Waals surface area contributed by atoms with E-state index in [-0.39, 0.29) is 6.10 Å². The fourth-order valence-corrected chi connectivity index (χ4v) is 5.54. The molecular formula is C16H23N3O2. The van der Waals surface area contributed by atoms with Gasteiger partial charge in [0.2, 0.25) is 0 Å². The third kappa shape index (κ3) is 2.05. The van der Waals surface area contributed by atoms with Crippen molar-refractivity contribution in [2.45, 2.75) is 63.1 Å². The highest BCUT2D eigenvalue weighted by atomic mass is 16.5. The van der Waals surface area contributed by atoms with Crippen LogP contribution in [0.15, 0.2) is 4.52 Å². The van der Waals surface area contributed by atoms with Crippen molar-refractivity contribution in [3.05, 3.63) is 11.7 Å². The minimum absolute atomic E-state index is 0.0302. The van der Waals surface area contributed by atoms with E-state index in [4.69, 9.17) is 9.26 Å². The number of hydrogen-bond donors (Lipinski definition) is 1. The Balaban J connectivity index is 1.25. The number of ether oxygens (including phenoxy) is 1. The molecule has 21 heavy (non-hydrogen) atoms. The molecule has 4 bridgehead atoms. The smallest absolute Gasteiger partial charge is 0.255 e.